The topological polar surface area (TPSA) is 46.2 Å². The van der Waals surface area contributed by atoms with E-state index in [4.69, 9.17) is 0 Å². The van der Waals surface area contributed by atoms with Gasteiger partial charge in [-0.3, -0.25) is 0 Å². The maximum Gasteiger partial charge on any atom is 0.151 e. The van der Waals surface area contributed by atoms with Gasteiger partial charge in [-0.2, -0.15) is 0 Å². The molecule has 102 valence electrons. The first-order valence-electron chi connectivity index (χ1n) is 5.50. The Bertz CT molecular complexity index is 543. The number of hydrogen-bond donors (Lipinski definition) is 1. The van der Waals surface area contributed by atoms with E-state index in [0.717, 1.165) is 12.3 Å². The molecule has 1 N–H and O–H groups in total. The molecule has 2 unspecified atom stereocenters. The van der Waals surface area contributed by atoms with Crippen LogP contribution in [-0.2, 0) is 9.84 Å². The van der Waals surface area contributed by atoms with Gasteiger partial charge in [0.15, 0.2) is 9.84 Å². The summed E-state index contributed by atoms with van der Waals surface area (Å²) in [5.74, 6) is -1.45. The van der Waals surface area contributed by atoms with Crippen LogP contribution < -0.4 is 5.32 Å². The van der Waals surface area contributed by atoms with Crippen LogP contribution in [0.25, 0.3) is 0 Å². The molecule has 0 aliphatic carbocycles. The maximum absolute atomic E-state index is 14.0. The highest BCUT2D eigenvalue weighted by Crippen LogP contribution is 2.28. The van der Waals surface area contributed by atoms with Gasteiger partial charge in [0.25, 0.3) is 0 Å². The smallest absolute Gasteiger partial charge is 0.151 e. The quantitative estimate of drug-likeness (QED) is 0.915. The third-order valence-electron chi connectivity index (χ3n) is 3.09. The lowest BCUT2D eigenvalue weighted by Gasteiger charge is -2.24. The van der Waals surface area contributed by atoms with Crippen LogP contribution in [0.1, 0.15) is 24.1 Å². The molecule has 6 heteroatoms. The molecular formula is C12H17F2NO2S. The Morgan fingerprint density at radius 2 is 1.83 bits per heavy atom. The van der Waals surface area contributed by atoms with Gasteiger partial charge in [-0.1, -0.05) is 6.07 Å². The van der Waals surface area contributed by atoms with Crippen LogP contribution >= 0.6 is 0 Å². The summed E-state index contributed by atoms with van der Waals surface area (Å²) < 4.78 is 50.8. The molecule has 0 saturated carbocycles. The number of halogens is 2. The van der Waals surface area contributed by atoms with Crippen LogP contribution in [-0.4, -0.2) is 27.0 Å². The Morgan fingerprint density at radius 3 is 2.28 bits per heavy atom. The summed E-state index contributed by atoms with van der Waals surface area (Å²) in [6.07, 6.45) is 1.05. The number of rotatable bonds is 4. The standard InChI is InChI=1S/C12H17F2NO2S/c1-7-5-6-9(13)10(11(7)14)12(15-3)8(2)18(4,16)17/h5-6,8,12,15H,1-4H3. The molecule has 1 rings (SSSR count). The van der Waals surface area contributed by atoms with Gasteiger partial charge in [0.1, 0.15) is 11.6 Å². The first kappa shape index (κ1) is 15.0. The molecule has 0 fully saturated rings. The van der Waals surface area contributed by atoms with Crippen molar-refractivity contribution in [3.05, 3.63) is 34.9 Å². The van der Waals surface area contributed by atoms with Crippen LogP contribution in [0.2, 0.25) is 0 Å². The number of hydrogen-bond acceptors (Lipinski definition) is 3. The summed E-state index contributed by atoms with van der Waals surface area (Å²) in [6.45, 7) is 2.94. The fraction of sp³-hybridized carbons (Fsp3) is 0.500. The maximum atomic E-state index is 14.0. The van der Waals surface area contributed by atoms with Gasteiger partial charge >= 0.3 is 0 Å². The number of nitrogens with one attached hydrogen (secondary N) is 1. The summed E-state index contributed by atoms with van der Waals surface area (Å²) >= 11 is 0. The summed E-state index contributed by atoms with van der Waals surface area (Å²) in [5.41, 5.74) is 0.0581. The lowest BCUT2D eigenvalue weighted by atomic mass is 10.0. The average molecular weight is 277 g/mol. The van der Waals surface area contributed by atoms with Gasteiger partial charge in [-0.25, -0.2) is 17.2 Å². The van der Waals surface area contributed by atoms with Gasteiger partial charge in [-0.05, 0) is 32.5 Å². The van der Waals surface area contributed by atoms with E-state index in [1.807, 2.05) is 0 Å². The van der Waals surface area contributed by atoms with Gasteiger partial charge in [-0.15, -0.1) is 0 Å². The van der Waals surface area contributed by atoms with E-state index in [2.05, 4.69) is 5.32 Å². The van der Waals surface area contributed by atoms with Gasteiger partial charge in [0.2, 0.25) is 0 Å². The van der Waals surface area contributed by atoms with E-state index >= 15 is 0 Å². The zero-order chi connectivity index (χ0) is 14.1. The molecule has 3 nitrogen and oxygen atoms in total. The zero-order valence-electron chi connectivity index (χ0n) is 10.8. The average Bonchev–Trinajstić information content (AvgIpc) is 2.27. The van der Waals surface area contributed by atoms with Crippen molar-refractivity contribution >= 4 is 9.84 Å². The molecule has 0 aromatic heterocycles. The Labute approximate surface area is 106 Å². The molecule has 0 amide bonds. The van der Waals surface area contributed by atoms with Crippen LogP contribution in [0.3, 0.4) is 0 Å². The second kappa shape index (κ2) is 5.32. The van der Waals surface area contributed by atoms with Crippen molar-refractivity contribution in [1.29, 1.82) is 0 Å². The number of aryl methyl sites for hydroxylation is 1. The minimum Gasteiger partial charge on any atom is -0.312 e. The molecular weight excluding hydrogens is 260 g/mol. The molecule has 0 aliphatic heterocycles. The molecule has 18 heavy (non-hydrogen) atoms. The predicted molar refractivity (Wildman–Crippen MR) is 67.2 cm³/mol. The molecule has 2 atom stereocenters. The van der Waals surface area contributed by atoms with Crippen molar-refractivity contribution in [1.82, 2.24) is 5.32 Å². The Kier molecular flexibility index (Phi) is 4.45. The largest absolute Gasteiger partial charge is 0.312 e. The lowest BCUT2D eigenvalue weighted by Crippen LogP contribution is -2.34. The van der Waals surface area contributed by atoms with Gasteiger partial charge in [0.05, 0.1) is 11.3 Å². The van der Waals surface area contributed by atoms with E-state index in [1.165, 1.54) is 27.0 Å². The molecule has 0 saturated heterocycles. The minimum absolute atomic E-state index is 0.226. The molecule has 0 heterocycles. The monoisotopic (exact) mass is 277 g/mol. The van der Waals surface area contributed by atoms with Crippen LogP contribution in [0.15, 0.2) is 12.1 Å². The first-order valence-corrected chi connectivity index (χ1v) is 7.46. The Balaban J connectivity index is 3.39. The van der Waals surface area contributed by atoms with E-state index in [9.17, 15) is 17.2 Å². The molecule has 0 bridgehead atoms. The van der Waals surface area contributed by atoms with E-state index < -0.39 is 32.8 Å². The summed E-state index contributed by atoms with van der Waals surface area (Å²) in [7, 11) is -1.92. The third kappa shape index (κ3) is 2.87. The SMILES string of the molecule is CNC(c1c(F)ccc(C)c1F)C(C)S(C)(=O)=O. The van der Waals surface area contributed by atoms with Gasteiger partial charge in [0, 0.05) is 11.8 Å². The zero-order valence-corrected chi connectivity index (χ0v) is 11.6. The lowest BCUT2D eigenvalue weighted by molar-refractivity contribution is 0.473. The van der Waals surface area contributed by atoms with E-state index in [1.54, 1.807) is 0 Å². The number of benzene rings is 1. The molecule has 1 aromatic carbocycles. The Hall–Kier alpha value is -1.01. The van der Waals surface area contributed by atoms with Crippen molar-refractivity contribution in [3.8, 4) is 0 Å². The Morgan fingerprint density at radius 1 is 1.28 bits per heavy atom. The van der Waals surface area contributed by atoms with Crippen molar-refractivity contribution in [2.24, 2.45) is 0 Å². The summed E-state index contributed by atoms with van der Waals surface area (Å²) in [5, 5.41) is 1.75. The van der Waals surface area contributed by atoms with Crippen molar-refractivity contribution in [3.63, 3.8) is 0 Å². The third-order valence-corrected chi connectivity index (χ3v) is 4.71. The van der Waals surface area contributed by atoms with E-state index in [-0.39, 0.29) is 11.1 Å². The highest BCUT2D eigenvalue weighted by molar-refractivity contribution is 7.91. The summed E-state index contributed by atoms with van der Waals surface area (Å²) in [4.78, 5) is 0. The predicted octanol–water partition coefficient (Wildman–Crippen LogP) is 1.97. The van der Waals surface area contributed by atoms with Crippen molar-refractivity contribution in [2.45, 2.75) is 25.1 Å². The molecule has 0 radical (unpaired) electrons. The minimum atomic E-state index is -3.40. The van der Waals surface area contributed by atoms with Crippen LogP contribution in [0.5, 0.6) is 0 Å². The second-order valence-corrected chi connectivity index (χ2v) is 6.80. The second-order valence-electron chi connectivity index (χ2n) is 4.39. The van der Waals surface area contributed by atoms with Gasteiger partial charge < -0.3 is 5.32 Å². The normalized spacial score (nSPS) is 15.4. The van der Waals surface area contributed by atoms with E-state index in [0.29, 0.717) is 0 Å². The van der Waals surface area contributed by atoms with Crippen LogP contribution in [0.4, 0.5) is 8.78 Å². The highest BCUT2D eigenvalue weighted by Gasteiger charge is 2.30. The molecule has 0 aliphatic rings. The van der Waals surface area contributed by atoms with Crippen molar-refractivity contribution in [2.75, 3.05) is 13.3 Å². The fourth-order valence-corrected chi connectivity index (χ4v) is 2.59. The molecule has 1 aromatic rings. The van der Waals surface area contributed by atoms with Crippen LogP contribution in [0, 0.1) is 18.6 Å². The first-order chi connectivity index (χ1) is 8.20. The highest BCUT2D eigenvalue weighted by atomic mass is 32.2. The fourth-order valence-electron chi connectivity index (χ4n) is 1.82. The number of sulfone groups is 1. The van der Waals surface area contributed by atoms with Crippen molar-refractivity contribution < 1.29 is 17.2 Å². The molecule has 0 spiro atoms. The summed E-state index contributed by atoms with van der Waals surface area (Å²) in [6, 6.07) is 1.55.